The fourth-order valence-electron chi connectivity index (χ4n) is 2.12. The lowest BCUT2D eigenvalue weighted by Crippen LogP contribution is -2.31. The average Bonchev–Trinajstić information content (AvgIpc) is 2.94. The first-order valence-electron chi connectivity index (χ1n) is 6.44. The van der Waals surface area contributed by atoms with E-state index in [0.717, 1.165) is 0 Å². The molecule has 24 heavy (non-hydrogen) atoms. The van der Waals surface area contributed by atoms with Crippen molar-refractivity contribution < 1.29 is 32.6 Å². The summed E-state index contributed by atoms with van der Waals surface area (Å²) >= 11 is 0. The second-order valence-corrected chi connectivity index (χ2v) is 4.83. The van der Waals surface area contributed by atoms with Crippen LogP contribution < -0.4 is 4.74 Å². The van der Waals surface area contributed by atoms with E-state index in [1.165, 1.54) is 23.2 Å². The van der Waals surface area contributed by atoms with Crippen LogP contribution in [0.4, 0.5) is 13.2 Å². The maximum Gasteiger partial charge on any atom is 0.422 e. The summed E-state index contributed by atoms with van der Waals surface area (Å²) in [5.74, 6) is -2.60. The van der Waals surface area contributed by atoms with Gasteiger partial charge in [-0.1, -0.05) is 0 Å². The van der Waals surface area contributed by atoms with Crippen LogP contribution in [-0.2, 0) is 4.79 Å². The van der Waals surface area contributed by atoms with Crippen LogP contribution in [0.3, 0.4) is 0 Å². The van der Waals surface area contributed by atoms with Gasteiger partial charge in [-0.2, -0.15) is 13.2 Å². The normalized spacial score (nSPS) is 16.8. The first kappa shape index (κ1) is 22.3. The smallest absolute Gasteiger partial charge is 0.422 e. The molecule has 0 aromatic carbocycles. The predicted molar refractivity (Wildman–Crippen MR) is 81.9 cm³/mol. The number of rotatable bonds is 4. The highest BCUT2D eigenvalue weighted by atomic mass is 35.5. The van der Waals surface area contributed by atoms with Crippen molar-refractivity contribution in [1.82, 2.24) is 9.88 Å². The molecule has 2 heterocycles. The summed E-state index contributed by atoms with van der Waals surface area (Å²) < 4.78 is 41.2. The Balaban J connectivity index is 0.00000264. The molecule has 1 aromatic heterocycles. The zero-order valence-electron chi connectivity index (χ0n) is 12.2. The molecule has 1 saturated heterocycles. The number of amides is 1. The number of carbonyl (C=O) groups excluding carboxylic acids is 1. The molecule has 0 spiro atoms. The van der Waals surface area contributed by atoms with E-state index in [4.69, 9.17) is 5.11 Å². The Morgan fingerprint density at radius 1 is 1.38 bits per heavy atom. The number of ether oxygens (including phenoxy) is 1. The van der Waals surface area contributed by atoms with Crippen molar-refractivity contribution in [2.24, 2.45) is 5.92 Å². The van der Waals surface area contributed by atoms with Gasteiger partial charge in [0.1, 0.15) is 0 Å². The van der Waals surface area contributed by atoms with E-state index < -0.39 is 30.6 Å². The first-order valence-corrected chi connectivity index (χ1v) is 6.44. The van der Waals surface area contributed by atoms with Gasteiger partial charge in [0, 0.05) is 19.3 Å². The third-order valence-electron chi connectivity index (χ3n) is 3.19. The molecule has 1 atom stereocenters. The molecule has 0 aliphatic carbocycles. The number of nitrogens with zero attached hydrogens (tertiary/aromatic N) is 2. The summed E-state index contributed by atoms with van der Waals surface area (Å²) in [6.07, 6.45) is -2.97. The molecule has 0 saturated carbocycles. The molecule has 11 heteroatoms. The molecule has 1 unspecified atom stereocenters. The number of likely N-dealkylation sites (tertiary alicyclic amines) is 1. The summed E-state index contributed by atoms with van der Waals surface area (Å²) in [7, 11) is 0. The summed E-state index contributed by atoms with van der Waals surface area (Å²) in [5, 5.41) is 8.91. The number of carboxylic acid groups (broad SMARTS) is 1. The minimum atomic E-state index is -4.53. The van der Waals surface area contributed by atoms with E-state index in [9.17, 15) is 22.8 Å². The van der Waals surface area contributed by atoms with Gasteiger partial charge in [0.05, 0.1) is 5.92 Å². The van der Waals surface area contributed by atoms with Crippen LogP contribution in [0.15, 0.2) is 18.3 Å². The van der Waals surface area contributed by atoms with Crippen LogP contribution in [0, 0.1) is 5.92 Å². The molecule has 2 rings (SSSR count). The van der Waals surface area contributed by atoms with E-state index in [1.807, 2.05) is 0 Å². The Morgan fingerprint density at radius 2 is 2.04 bits per heavy atom. The van der Waals surface area contributed by atoms with Crippen LogP contribution in [-0.4, -0.2) is 52.7 Å². The topological polar surface area (TPSA) is 79.7 Å². The summed E-state index contributed by atoms with van der Waals surface area (Å²) in [5.41, 5.74) is -0.252. The van der Waals surface area contributed by atoms with Crippen molar-refractivity contribution in [2.75, 3.05) is 19.7 Å². The minimum absolute atomic E-state index is 0. The SMILES string of the molecule is Cl.Cl.O=C(O)C1CCN(C(=O)c2ncccc2OCC(F)(F)F)C1. The molecule has 0 radical (unpaired) electrons. The lowest BCUT2D eigenvalue weighted by atomic mass is 10.1. The number of halogens is 5. The van der Waals surface area contributed by atoms with Crippen molar-refractivity contribution in [1.29, 1.82) is 0 Å². The molecule has 6 nitrogen and oxygen atoms in total. The standard InChI is InChI=1S/C13H13F3N2O4.2ClH/c14-13(15,16)7-22-9-2-1-4-17-10(9)11(19)18-5-3-8(6-18)12(20)21;;/h1-2,4,8H,3,5-7H2,(H,20,21);2*1H. The Morgan fingerprint density at radius 3 is 2.58 bits per heavy atom. The Bertz CT molecular complexity index is 587. The number of carbonyl (C=O) groups is 2. The lowest BCUT2D eigenvalue weighted by Gasteiger charge is -2.17. The van der Waals surface area contributed by atoms with Crippen LogP contribution in [0.5, 0.6) is 5.75 Å². The van der Waals surface area contributed by atoms with Crippen LogP contribution in [0.25, 0.3) is 0 Å². The molecule has 1 N–H and O–H groups in total. The van der Waals surface area contributed by atoms with Gasteiger partial charge in [0.25, 0.3) is 5.91 Å². The first-order chi connectivity index (χ1) is 10.3. The van der Waals surface area contributed by atoms with Crippen molar-refractivity contribution in [2.45, 2.75) is 12.6 Å². The third-order valence-corrected chi connectivity index (χ3v) is 3.19. The summed E-state index contributed by atoms with van der Waals surface area (Å²) in [6, 6.07) is 2.57. The number of hydrogen-bond donors (Lipinski definition) is 1. The van der Waals surface area contributed by atoms with Gasteiger partial charge in [-0.05, 0) is 18.6 Å². The maximum absolute atomic E-state index is 12.3. The molecule has 1 aromatic rings. The molecule has 1 aliphatic heterocycles. The van der Waals surface area contributed by atoms with E-state index in [1.54, 1.807) is 0 Å². The van der Waals surface area contributed by atoms with Gasteiger partial charge < -0.3 is 14.7 Å². The van der Waals surface area contributed by atoms with Gasteiger partial charge in [0.15, 0.2) is 18.1 Å². The monoisotopic (exact) mass is 390 g/mol. The quantitative estimate of drug-likeness (QED) is 0.853. The number of pyridine rings is 1. The number of aromatic nitrogens is 1. The highest BCUT2D eigenvalue weighted by molar-refractivity contribution is 5.95. The Kier molecular flexibility index (Phi) is 8.28. The fraction of sp³-hybridized carbons (Fsp3) is 0.462. The largest absolute Gasteiger partial charge is 0.482 e. The van der Waals surface area contributed by atoms with Crippen molar-refractivity contribution in [3.05, 3.63) is 24.0 Å². The number of hydrogen-bond acceptors (Lipinski definition) is 4. The van der Waals surface area contributed by atoms with Gasteiger partial charge in [-0.25, -0.2) is 4.98 Å². The lowest BCUT2D eigenvalue weighted by molar-refractivity contribution is -0.153. The van der Waals surface area contributed by atoms with Crippen molar-refractivity contribution in [3.8, 4) is 5.75 Å². The molecule has 1 amide bonds. The zero-order valence-corrected chi connectivity index (χ0v) is 13.8. The second kappa shape index (κ2) is 8.93. The van der Waals surface area contributed by atoms with E-state index in [2.05, 4.69) is 9.72 Å². The van der Waals surface area contributed by atoms with Crippen LogP contribution in [0.2, 0.25) is 0 Å². The highest BCUT2D eigenvalue weighted by Crippen LogP contribution is 2.24. The van der Waals surface area contributed by atoms with E-state index in [0.29, 0.717) is 6.42 Å². The average molecular weight is 391 g/mol. The van der Waals surface area contributed by atoms with Crippen LogP contribution in [0.1, 0.15) is 16.9 Å². The molecular weight excluding hydrogens is 376 g/mol. The van der Waals surface area contributed by atoms with Gasteiger partial charge in [-0.15, -0.1) is 24.8 Å². The van der Waals surface area contributed by atoms with Gasteiger partial charge in [-0.3, -0.25) is 9.59 Å². The molecular formula is C13H15Cl2F3N2O4. The molecule has 0 bridgehead atoms. The number of carboxylic acids is 1. The zero-order chi connectivity index (χ0) is 16.3. The van der Waals surface area contributed by atoms with Gasteiger partial charge >= 0.3 is 12.1 Å². The van der Waals surface area contributed by atoms with Crippen LogP contribution >= 0.6 is 24.8 Å². The molecule has 1 aliphatic rings. The van der Waals surface area contributed by atoms with E-state index >= 15 is 0 Å². The predicted octanol–water partition coefficient (Wildman–Crippen LogP) is 2.41. The fourth-order valence-corrected chi connectivity index (χ4v) is 2.12. The van der Waals surface area contributed by atoms with Crippen molar-refractivity contribution in [3.63, 3.8) is 0 Å². The maximum atomic E-state index is 12.3. The Hall–Kier alpha value is -1.74. The summed E-state index contributed by atoms with van der Waals surface area (Å²) in [4.78, 5) is 28.2. The Labute approximate surface area is 147 Å². The third kappa shape index (κ3) is 5.72. The number of alkyl halides is 3. The minimum Gasteiger partial charge on any atom is -0.482 e. The second-order valence-electron chi connectivity index (χ2n) is 4.83. The van der Waals surface area contributed by atoms with Crippen molar-refractivity contribution >= 4 is 36.7 Å². The highest BCUT2D eigenvalue weighted by Gasteiger charge is 2.34. The van der Waals surface area contributed by atoms with Gasteiger partial charge in [0.2, 0.25) is 0 Å². The molecule has 1 fully saturated rings. The molecule has 136 valence electrons. The number of aliphatic carboxylic acids is 1. The van der Waals surface area contributed by atoms with E-state index in [-0.39, 0.29) is 49.3 Å². The summed E-state index contributed by atoms with van der Waals surface area (Å²) in [6.45, 7) is -1.31.